The summed E-state index contributed by atoms with van der Waals surface area (Å²) in [5.74, 6) is 0.290. The number of amides is 3. The molecule has 6 bridgehead atoms. The summed E-state index contributed by atoms with van der Waals surface area (Å²) in [5.41, 5.74) is 4.62. The number of aromatic nitrogens is 2. The van der Waals surface area contributed by atoms with Crippen molar-refractivity contribution in [1.82, 2.24) is 15.3 Å². The lowest BCUT2D eigenvalue weighted by atomic mass is 10.0. The average molecular weight is 544 g/mol. The Morgan fingerprint density at radius 3 is 2.59 bits per heavy atom. The number of anilines is 6. The summed E-state index contributed by atoms with van der Waals surface area (Å²) in [4.78, 5) is 34.2. The maximum absolute atomic E-state index is 13.1. The number of hydrogen-bond acceptors (Lipinski definition) is 7. The van der Waals surface area contributed by atoms with Crippen LogP contribution in [0.3, 0.4) is 0 Å². The van der Waals surface area contributed by atoms with Crippen molar-refractivity contribution < 1.29 is 14.7 Å². The van der Waals surface area contributed by atoms with Gasteiger partial charge in [-0.15, -0.1) is 0 Å². The minimum Gasteiger partial charge on any atom is -0.394 e. The third-order valence-electron chi connectivity index (χ3n) is 6.07. The van der Waals surface area contributed by atoms with Crippen molar-refractivity contribution >= 4 is 58.1 Å². The maximum atomic E-state index is 13.1. The van der Waals surface area contributed by atoms with Crippen molar-refractivity contribution in [2.45, 2.75) is 18.9 Å². The lowest BCUT2D eigenvalue weighted by Crippen LogP contribution is -2.47. The van der Waals surface area contributed by atoms with Crippen molar-refractivity contribution in [3.05, 3.63) is 95.1 Å². The summed E-state index contributed by atoms with van der Waals surface area (Å²) < 4.78 is 0. The number of fused-ring (bicyclic) bond motifs is 6. The molecular formula is C28H26ClN7O3. The van der Waals surface area contributed by atoms with Gasteiger partial charge in [-0.25, -0.2) is 9.78 Å². The molecule has 4 aromatic rings. The number of carbonyl (C=O) groups is 2. The molecule has 1 atom stereocenters. The van der Waals surface area contributed by atoms with E-state index in [0.717, 1.165) is 22.5 Å². The molecule has 10 nitrogen and oxygen atoms in total. The van der Waals surface area contributed by atoms with E-state index in [4.69, 9.17) is 11.6 Å². The lowest BCUT2D eigenvalue weighted by molar-refractivity contribution is -0.118. The SMILES string of the molecule is O=C(Nc1ccccc1)N[C@@H](CO)C(=O)Nc1ccc2cc1CCc1cccc(c1)Nc1ncc(Cl)c(n1)N2. The van der Waals surface area contributed by atoms with E-state index < -0.39 is 24.6 Å². The summed E-state index contributed by atoms with van der Waals surface area (Å²) in [6, 6.07) is 20.4. The Balaban J connectivity index is 1.37. The fourth-order valence-corrected chi connectivity index (χ4v) is 4.26. The second kappa shape index (κ2) is 11.8. The van der Waals surface area contributed by atoms with Crippen LogP contribution in [0.1, 0.15) is 11.1 Å². The first-order valence-corrected chi connectivity index (χ1v) is 12.7. The molecule has 1 aromatic heterocycles. The molecule has 0 saturated carbocycles. The van der Waals surface area contributed by atoms with Gasteiger partial charge in [0.1, 0.15) is 11.1 Å². The molecule has 0 spiro atoms. The Morgan fingerprint density at radius 2 is 1.77 bits per heavy atom. The van der Waals surface area contributed by atoms with E-state index >= 15 is 0 Å². The van der Waals surface area contributed by atoms with E-state index in [2.05, 4.69) is 36.6 Å². The first kappa shape index (κ1) is 26.0. The number of halogens is 1. The van der Waals surface area contributed by atoms with Gasteiger partial charge in [0.2, 0.25) is 11.9 Å². The van der Waals surface area contributed by atoms with Gasteiger partial charge in [0, 0.05) is 22.7 Å². The molecule has 3 amide bonds. The molecule has 2 heterocycles. The number of carbonyl (C=O) groups excluding carboxylic acids is 2. The van der Waals surface area contributed by atoms with Gasteiger partial charge in [0.15, 0.2) is 5.82 Å². The van der Waals surface area contributed by atoms with E-state index in [1.807, 2.05) is 36.4 Å². The Labute approximate surface area is 229 Å². The number of aliphatic hydroxyl groups excluding tert-OH is 1. The Bertz CT molecular complexity index is 1500. The van der Waals surface area contributed by atoms with Crippen molar-refractivity contribution in [3.63, 3.8) is 0 Å². The van der Waals surface area contributed by atoms with Crippen LogP contribution in [0.2, 0.25) is 5.02 Å². The van der Waals surface area contributed by atoms with E-state index in [1.165, 1.54) is 6.20 Å². The van der Waals surface area contributed by atoms with Crippen LogP contribution < -0.4 is 26.6 Å². The zero-order chi connectivity index (χ0) is 27.2. The Morgan fingerprint density at radius 1 is 0.949 bits per heavy atom. The fourth-order valence-electron chi connectivity index (χ4n) is 4.13. The highest BCUT2D eigenvalue weighted by atomic mass is 35.5. The maximum Gasteiger partial charge on any atom is 0.319 e. The number of rotatable bonds is 5. The van der Waals surface area contributed by atoms with Crippen LogP contribution in [-0.2, 0) is 17.6 Å². The molecule has 0 saturated heterocycles. The first-order valence-electron chi connectivity index (χ1n) is 12.3. The highest BCUT2D eigenvalue weighted by Crippen LogP contribution is 2.29. The molecule has 6 N–H and O–H groups in total. The molecular weight excluding hydrogens is 518 g/mol. The van der Waals surface area contributed by atoms with Gasteiger partial charge in [-0.3, -0.25) is 4.79 Å². The average Bonchev–Trinajstić information content (AvgIpc) is 2.94. The molecule has 0 aliphatic carbocycles. The molecule has 3 aromatic carbocycles. The molecule has 1 aliphatic rings. The number of nitrogens with one attached hydrogen (secondary N) is 5. The topological polar surface area (TPSA) is 140 Å². The summed E-state index contributed by atoms with van der Waals surface area (Å²) in [5, 5.41) is 24.6. The van der Waals surface area contributed by atoms with Gasteiger partial charge in [-0.1, -0.05) is 41.9 Å². The Hall–Kier alpha value is -4.67. The van der Waals surface area contributed by atoms with E-state index in [0.29, 0.717) is 41.0 Å². The van der Waals surface area contributed by atoms with Gasteiger partial charge in [0.25, 0.3) is 0 Å². The summed E-state index contributed by atoms with van der Waals surface area (Å²) >= 11 is 6.34. The lowest BCUT2D eigenvalue weighted by Gasteiger charge is -2.19. The molecule has 0 unspecified atom stereocenters. The second-order valence-corrected chi connectivity index (χ2v) is 9.31. The van der Waals surface area contributed by atoms with Crippen molar-refractivity contribution in [2.75, 3.05) is 27.9 Å². The minimum atomic E-state index is -1.16. The van der Waals surface area contributed by atoms with Crippen LogP contribution in [0.5, 0.6) is 0 Å². The molecule has 11 heteroatoms. The largest absolute Gasteiger partial charge is 0.394 e. The number of para-hydroxylation sites is 1. The fraction of sp³-hybridized carbons (Fsp3) is 0.143. The number of aliphatic hydroxyl groups is 1. The number of aryl methyl sites for hydroxylation is 2. The monoisotopic (exact) mass is 543 g/mol. The zero-order valence-electron chi connectivity index (χ0n) is 20.7. The van der Waals surface area contributed by atoms with Gasteiger partial charge in [-0.2, -0.15) is 4.98 Å². The van der Waals surface area contributed by atoms with Crippen molar-refractivity contribution in [3.8, 4) is 0 Å². The number of hydrogen-bond donors (Lipinski definition) is 6. The molecule has 1 aliphatic heterocycles. The molecule has 39 heavy (non-hydrogen) atoms. The number of urea groups is 1. The van der Waals surface area contributed by atoms with Gasteiger partial charge >= 0.3 is 6.03 Å². The summed E-state index contributed by atoms with van der Waals surface area (Å²) in [7, 11) is 0. The van der Waals surface area contributed by atoms with Gasteiger partial charge in [-0.05, 0) is 66.4 Å². The van der Waals surface area contributed by atoms with Crippen LogP contribution in [0, 0.1) is 0 Å². The first-order chi connectivity index (χ1) is 19.0. The number of nitrogens with zero attached hydrogens (tertiary/aromatic N) is 2. The standard InChI is InChI=1S/C28H26ClN7O3/c29-22-15-30-27-32-20-8-4-5-17(13-20)9-10-18-14-21(31-25(22)36-27)11-12-23(18)34-26(38)24(16-37)35-28(39)33-19-6-2-1-3-7-19/h1-8,11-15,24,37H,9-10,16H2,(H,34,38)(H2,33,35,39)(H2,30,31,32,36)/t24-/m0/s1. The van der Waals surface area contributed by atoms with Crippen LogP contribution in [0.15, 0.2) is 79.0 Å². The molecule has 198 valence electrons. The summed E-state index contributed by atoms with van der Waals surface area (Å²) in [6.45, 7) is -0.572. The van der Waals surface area contributed by atoms with Crippen LogP contribution in [0.4, 0.5) is 39.3 Å². The molecule has 5 rings (SSSR count). The van der Waals surface area contributed by atoms with Crippen LogP contribution in [0.25, 0.3) is 0 Å². The molecule has 0 radical (unpaired) electrons. The van der Waals surface area contributed by atoms with E-state index in [-0.39, 0.29) is 0 Å². The predicted octanol–water partition coefficient (Wildman–Crippen LogP) is 4.84. The summed E-state index contributed by atoms with van der Waals surface area (Å²) in [6.07, 6.45) is 2.83. The highest BCUT2D eigenvalue weighted by Gasteiger charge is 2.21. The molecule has 0 fully saturated rings. The Kier molecular flexibility index (Phi) is 7.86. The minimum absolute atomic E-state index is 0.355. The van der Waals surface area contributed by atoms with E-state index in [1.54, 1.807) is 36.4 Å². The zero-order valence-corrected chi connectivity index (χ0v) is 21.5. The number of benzene rings is 3. The van der Waals surface area contributed by atoms with Crippen LogP contribution >= 0.6 is 11.6 Å². The quantitative estimate of drug-likeness (QED) is 0.212. The van der Waals surface area contributed by atoms with Crippen LogP contribution in [-0.4, -0.2) is 39.7 Å². The van der Waals surface area contributed by atoms with Crippen molar-refractivity contribution in [2.24, 2.45) is 0 Å². The normalized spacial score (nSPS) is 12.8. The predicted molar refractivity (Wildman–Crippen MR) is 152 cm³/mol. The third kappa shape index (κ3) is 6.61. The van der Waals surface area contributed by atoms with Gasteiger partial charge < -0.3 is 31.7 Å². The van der Waals surface area contributed by atoms with E-state index in [9.17, 15) is 14.7 Å². The van der Waals surface area contributed by atoms with Gasteiger partial charge in [0.05, 0.1) is 12.8 Å². The second-order valence-electron chi connectivity index (χ2n) is 8.90. The third-order valence-corrected chi connectivity index (χ3v) is 6.35. The smallest absolute Gasteiger partial charge is 0.319 e. The highest BCUT2D eigenvalue weighted by molar-refractivity contribution is 6.32. The van der Waals surface area contributed by atoms with Crippen molar-refractivity contribution in [1.29, 1.82) is 0 Å².